The van der Waals surface area contributed by atoms with Gasteiger partial charge in [0, 0.05) is 12.6 Å². The van der Waals surface area contributed by atoms with Gasteiger partial charge in [0.2, 0.25) is 11.8 Å². The largest absolute Gasteiger partial charge is 0.352 e. The average Bonchev–Trinajstić information content (AvgIpc) is 2.54. The summed E-state index contributed by atoms with van der Waals surface area (Å²) in [6.07, 6.45) is 5.44. The lowest BCUT2D eigenvalue weighted by Gasteiger charge is -2.28. The summed E-state index contributed by atoms with van der Waals surface area (Å²) < 4.78 is 12.9. The standard InChI is InChI=1S/C18H25FN2O2/c1-18(2,17(23)21-15-6-4-3-5-7-15)16(22)20-12-13-8-10-14(19)11-9-13/h8-11,15H,3-7,12H2,1-2H3,(H,20,22)(H,21,23). The monoisotopic (exact) mass is 320 g/mol. The number of amides is 2. The molecule has 0 spiro atoms. The molecule has 23 heavy (non-hydrogen) atoms. The maximum atomic E-state index is 12.9. The number of hydrogen-bond acceptors (Lipinski definition) is 2. The fourth-order valence-corrected chi connectivity index (χ4v) is 2.72. The first-order chi connectivity index (χ1) is 10.9. The number of benzene rings is 1. The van der Waals surface area contributed by atoms with Crippen molar-refractivity contribution in [3.63, 3.8) is 0 Å². The Morgan fingerprint density at radius 1 is 1.09 bits per heavy atom. The summed E-state index contributed by atoms with van der Waals surface area (Å²) >= 11 is 0. The average molecular weight is 320 g/mol. The molecule has 0 radical (unpaired) electrons. The van der Waals surface area contributed by atoms with Gasteiger partial charge in [-0.2, -0.15) is 0 Å². The third-order valence-electron chi connectivity index (χ3n) is 4.44. The highest BCUT2D eigenvalue weighted by atomic mass is 19.1. The maximum Gasteiger partial charge on any atom is 0.235 e. The van der Waals surface area contributed by atoms with Gasteiger partial charge in [-0.1, -0.05) is 31.4 Å². The Labute approximate surface area is 136 Å². The van der Waals surface area contributed by atoms with Gasteiger partial charge in [-0.15, -0.1) is 0 Å². The molecule has 0 aliphatic heterocycles. The van der Waals surface area contributed by atoms with Crippen LogP contribution in [-0.2, 0) is 16.1 Å². The first kappa shape index (κ1) is 17.4. The highest BCUT2D eigenvalue weighted by Crippen LogP contribution is 2.21. The molecule has 1 fully saturated rings. The summed E-state index contributed by atoms with van der Waals surface area (Å²) in [5.41, 5.74) is -0.333. The van der Waals surface area contributed by atoms with Crippen LogP contribution in [0, 0.1) is 11.2 Å². The van der Waals surface area contributed by atoms with Gasteiger partial charge < -0.3 is 10.6 Å². The van der Waals surface area contributed by atoms with E-state index in [1.54, 1.807) is 26.0 Å². The molecule has 5 heteroatoms. The highest BCUT2D eigenvalue weighted by Gasteiger charge is 2.36. The van der Waals surface area contributed by atoms with E-state index in [1.165, 1.54) is 18.6 Å². The van der Waals surface area contributed by atoms with Crippen LogP contribution in [0.15, 0.2) is 24.3 Å². The molecule has 0 unspecified atom stereocenters. The van der Waals surface area contributed by atoms with Crippen LogP contribution in [0.4, 0.5) is 4.39 Å². The van der Waals surface area contributed by atoms with Crippen LogP contribution >= 0.6 is 0 Å². The second-order valence-electron chi connectivity index (χ2n) is 6.74. The number of nitrogens with one attached hydrogen (secondary N) is 2. The van der Waals surface area contributed by atoms with Gasteiger partial charge in [0.1, 0.15) is 11.2 Å². The van der Waals surface area contributed by atoms with Gasteiger partial charge in [0.25, 0.3) is 0 Å². The zero-order valence-electron chi connectivity index (χ0n) is 13.8. The van der Waals surface area contributed by atoms with Crippen molar-refractivity contribution >= 4 is 11.8 Å². The Morgan fingerprint density at radius 3 is 2.30 bits per heavy atom. The van der Waals surface area contributed by atoms with Gasteiger partial charge in [-0.05, 0) is 44.4 Å². The van der Waals surface area contributed by atoms with Gasteiger partial charge in [-0.3, -0.25) is 9.59 Å². The lowest BCUT2D eigenvalue weighted by molar-refractivity contribution is -0.142. The molecule has 1 saturated carbocycles. The van der Waals surface area contributed by atoms with Crippen molar-refractivity contribution in [3.05, 3.63) is 35.6 Å². The Morgan fingerprint density at radius 2 is 1.70 bits per heavy atom. The lowest BCUT2D eigenvalue weighted by atomic mass is 9.89. The molecule has 1 aliphatic rings. The van der Waals surface area contributed by atoms with Crippen LogP contribution in [0.1, 0.15) is 51.5 Å². The van der Waals surface area contributed by atoms with Crippen LogP contribution in [0.2, 0.25) is 0 Å². The zero-order chi connectivity index (χ0) is 16.9. The molecule has 0 aromatic heterocycles. The third-order valence-corrected chi connectivity index (χ3v) is 4.44. The Kier molecular flexibility index (Phi) is 5.74. The van der Waals surface area contributed by atoms with E-state index in [-0.39, 0.29) is 30.2 Å². The predicted molar refractivity (Wildman–Crippen MR) is 87.0 cm³/mol. The fraction of sp³-hybridized carbons (Fsp3) is 0.556. The molecule has 2 rings (SSSR count). The lowest BCUT2D eigenvalue weighted by Crippen LogP contribution is -2.50. The van der Waals surface area contributed by atoms with E-state index in [4.69, 9.17) is 0 Å². The summed E-state index contributed by atoms with van der Waals surface area (Å²) in [6, 6.07) is 6.11. The van der Waals surface area contributed by atoms with E-state index in [9.17, 15) is 14.0 Å². The van der Waals surface area contributed by atoms with Crippen molar-refractivity contribution in [1.82, 2.24) is 10.6 Å². The second kappa shape index (κ2) is 7.57. The van der Waals surface area contributed by atoms with Crippen LogP contribution in [0.3, 0.4) is 0 Å². The smallest absolute Gasteiger partial charge is 0.235 e. The molecule has 0 saturated heterocycles. The van der Waals surface area contributed by atoms with Gasteiger partial charge in [0.15, 0.2) is 0 Å². The second-order valence-corrected chi connectivity index (χ2v) is 6.74. The summed E-state index contributed by atoms with van der Waals surface area (Å²) in [7, 11) is 0. The molecule has 2 N–H and O–H groups in total. The van der Waals surface area contributed by atoms with Gasteiger partial charge >= 0.3 is 0 Å². The number of rotatable bonds is 5. The third kappa shape index (κ3) is 4.78. The van der Waals surface area contributed by atoms with E-state index in [0.29, 0.717) is 0 Å². The number of halogens is 1. The molecule has 1 aliphatic carbocycles. The quantitative estimate of drug-likeness (QED) is 0.820. The predicted octanol–water partition coefficient (Wildman–Crippen LogP) is 2.92. The minimum absolute atomic E-state index is 0.181. The van der Waals surface area contributed by atoms with E-state index < -0.39 is 5.41 Å². The van der Waals surface area contributed by atoms with Crippen molar-refractivity contribution in [3.8, 4) is 0 Å². The van der Waals surface area contributed by atoms with E-state index in [0.717, 1.165) is 31.2 Å². The minimum atomic E-state index is -1.13. The Hall–Kier alpha value is -1.91. The number of carbonyl (C=O) groups is 2. The minimum Gasteiger partial charge on any atom is -0.352 e. The number of hydrogen-bond donors (Lipinski definition) is 2. The number of carbonyl (C=O) groups excluding carboxylic acids is 2. The van der Waals surface area contributed by atoms with Crippen molar-refractivity contribution in [1.29, 1.82) is 0 Å². The summed E-state index contributed by atoms with van der Waals surface area (Å²) in [6.45, 7) is 3.54. The first-order valence-electron chi connectivity index (χ1n) is 8.23. The maximum absolute atomic E-state index is 12.9. The molecule has 0 heterocycles. The molecule has 2 amide bonds. The fourth-order valence-electron chi connectivity index (χ4n) is 2.72. The van der Waals surface area contributed by atoms with Crippen LogP contribution in [0.5, 0.6) is 0 Å². The molecular formula is C18H25FN2O2. The molecule has 4 nitrogen and oxygen atoms in total. The van der Waals surface area contributed by atoms with Crippen molar-refractivity contribution in [2.75, 3.05) is 0 Å². The summed E-state index contributed by atoms with van der Waals surface area (Å²) in [5, 5.41) is 5.75. The zero-order valence-corrected chi connectivity index (χ0v) is 13.8. The molecule has 1 aromatic rings. The van der Waals surface area contributed by atoms with Crippen LogP contribution in [0.25, 0.3) is 0 Å². The van der Waals surface area contributed by atoms with Crippen molar-refractivity contribution in [2.45, 2.75) is 58.5 Å². The Bertz CT molecular complexity index is 549. The molecule has 126 valence electrons. The van der Waals surface area contributed by atoms with E-state index >= 15 is 0 Å². The SMILES string of the molecule is CC(C)(C(=O)NCc1ccc(F)cc1)C(=O)NC1CCCCC1. The van der Waals surface area contributed by atoms with E-state index in [1.807, 2.05) is 0 Å². The Balaban J connectivity index is 1.87. The van der Waals surface area contributed by atoms with Gasteiger partial charge in [-0.25, -0.2) is 4.39 Å². The van der Waals surface area contributed by atoms with Crippen LogP contribution in [-0.4, -0.2) is 17.9 Å². The molecule has 1 aromatic carbocycles. The van der Waals surface area contributed by atoms with Crippen LogP contribution < -0.4 is 10.6 Å². The topological polar surface area (TPSA) is 58.2 Å². The van der Waals surface area contributed by atoms with Gasteiger partial charge in [0.05, 0.1) is 0 Å². The first-order valence-corrected chi connectivity index (χ1v) is 8.23. The normalized spacial score (nSPS) is 16.0. The molecule has 0 atom stereocenters. The van der Waals surface area contributed by atoms with Crippen molar-refractivity contribution < 1.29 is 14.0 Å². The van der Waals surface area contributed by atoms with E-state index in [2.05, 4.69) is 10.6 Å². The summed E-state index contributed by atoms with van der Waals surface area (Å²) in [4.78, 5) is 24.8. The molecular weight excluding hydrogens is 295 g/mol. The highest BCUT2D eigenvalue weighted by molar-refractivity contribution is 6.04. The van der Waals surface area contributed by atoms with Crippen molar-refractivity contribution in [2.24, 2.45) is 5.41 Å². The summed E-state index contributed by atoms with van der Waals surface area (Å²) in [5.74, 6) is -0.872. The molecule has 0 bridgehead atoms.